The summed E-state index contributed by atoms with van der Waals surface area (Å²) in [4.78, 5) is 0. The van der Waals surface area contributed by atoms with Gasteiger partial charge in [-0.25, -0.2) is 12.7 Å². The molecule has 0 aromatic carbocycles. The van der Waals surface area contributed by atoms with Crippen molar-refractivity contribution in [1.82, 2.24) is 4.31 Å². The molecular weight excluding hydrogens is 186 g/mol. The number of sulfonamides is 1. The van der Waals surface area contributed by atoms with Crippen LogP contribution in [0.1, 0.15) is 32.1 Å². The molecule has 0 radical (unpaired) electrons. The van der Waals surface area contributed by atoms with E-state index in [9.17, 15) is 8.42 Å². The molecule has 0 N–H and O–H groups in total. The molecule has 3 nitrogen and oxygen atoms in total. The fourth-order valence-electron chi connectivity index (χ4n) is 2.03. The van der Waals surface area contributed by atoms with Crippen molar-refractivity contribution in [3.05, 3.63) is 0 Å². The molecule has 0 bridgehead atoms. The molecule has 1 aliphatic carbocycles. The molecule has 0 aromatic rings. The summed E-state index contributed by atoms with van der Waals surface area (Å²) in [6.45, 7) is 1.52. The second-order valence-corrected chi connectivity index (χ2v) is 6.20. The van der Waals surface area contributed by atoms with Gasteiger partial charge in [0, 0.05) is 13.1 Å². The molecule has 2 aliphatic rings. The summed E-state index contributed by atoms with van der Waals surface area (Å²) in [5.74, 6) is 0.873. The predicted octanol–water partition coefficient (Wildman–Crippen LogP) is 1.21. The third-order valence-electron chi connectivity index (χ3n) is 3.13. The van der Waals surface area contributed by atoms with Gasteiger partial charge in [0.15, 0.2) is 0 Å². The standard InChI is InChI=1S/C9H17NO2S/c11-13(12,8-9-4-3-5-9)10-6-1-2-7-10/h9H,1-8H2. The van der Waals surface area contributed by atoms with E-state index in [2.05, 4.69) is 0 Å². The van der Waals surface area contributed by atoms with Gasteiger partial charge in [0.2, 0.25) is 10.0 Å². The first-order valence-corrected chi connectivity index (χ1v) is 6.77. The Morgan fingerprint density at radius 1 is 1.08 bits per heavy atom. The van der Waals surface area contributed by atoms with Crippen LogP contribution in [0.2, 0.25) is 0 Å². The lowest BCUT2D eigenvalue weighted by molar-refractivity contribution is 0.340. The number of hydrogen-bond donors (Lipinski definition) is 0. The predicted molar refractivity (Wildman–Crippen MR) is 51.9 cm³/mol. The Balaban J connectivity index is 1.93. The highest BCUT2D eigenvalue weighted by Gasteiger charge is 2.30. The van der Waals surface area contributed by atoms with Crippen LogP contribution in [-0.2, 0) is 10.0 Å². The minimum Gasteiger partial charge on any atom is -0.212 e. The maximum absolute atomic E-state index is 11.8. The van der Waals surface area contributed by atoms with Crippen LogP contribution in [0.4, 0.5) is 0 Å². The van der Waals surface area contributed by atoms with Crippen molar-refractivity contribution in [2.24, 2.45) is 5.92 Å². The molecule has 13 heavy (non-hydrogen) atoms. The van der Waals surface area contributed by atoms with E-state index in [0.717, 1.165) is 38.8 Å². The minimum atomic E-state index is -2.89. The summed E-state index contributed by atoms with van der Waals surface area (Å²) in [6.07, 6.45) is 5.55. The molecule has 0 amide bonds. The van der Waals surface area contributed by atoms with Crippen LogP contribution in [0.25, 0.3) is 0 Å². The topological polar surface area (TPSA) is 37.4 Å². The minimum absolute atomic E-state index is 0.410. The van der Waals surface area contributed by atoms with Gasteiger partial charge in [-0.15, -0.1) is 0 Å². The molecule has 0 aromatic heterocycles. The van der Waals surface area contributed by atoms with Crippen molar-refractivity contribution in [3.8, 4) is 0 Å². The largest absolute Gasteiger partial charge is 0.214 e. The number of nitrogens with zero attached hydrogens (tertiary/aromatic N) is 1. The lowest BCUT2D eigenvalue weighted by Gasteiger charge is -2.27. The van der Waals surface area contributed by atoms with Crippen molar-refractivity contribution < 1.29 is 8.42 Å². The van der Waals surface area contributed by atoms with Crippen molar-refractivity contribution in [2.75, 3.05) is 18.8 Å². The first-order chi connectivity index (χ1) is 6.18. The Kier molecular flexibility index (Phi) is 2.60. The highest BCUT2D eigenvalue weighted by Crippen LogP contribution is 2.29. The molecule has 1 saturated carbocycles. The van der Waals surface area contributed by atoms with Gasteiger partial charge in [-0.3, -0.25) is 0 Å². The molecule has 4 heteroatoms. The van der Waals surface area contributed by atoms with E-state index < -0.39 is 10.0 Å². The van der Waals surface area contributed by atoms with E-state index >= 15 is 0 Å². The van der Waals surface area contributed by atoms with Crippen molar-refractivity contribution >= 4 is 10.0 Å². The molecule has 0 unspecified atom stereocenters. The Labute approximate surface area is 80.2 Å². The molecule has 0 spiro atoms. The van der Waals surface area contributed by atoms with Gasteiger partial charge in [0.05, 0.1) is 5.75 Å². The first-order valence-electron chi connectivity index (χ1n) is 5.16. The maximum Gasteiger partial charge on any atom is 0.214 e. The molecule has 1 aliphatic heterocycles. The van der Waals surface area contributed by atoms with E-state index in [1.807, 2.05) is 0 Å². The summed E-state index contributed by atoms with van der Waals surface area (Å²) in [6, 6.07) is 0. The molecular formula is C9H17NO2S. The summed E-state index contributed by atoms with van der Waals surface area (Å²) in [5, 5.41) is 0. The normalized spacial score (nSPS) is 26.2. The van der Waals surface area contributed by atoms with E-state index in [1.54, 1.807) is 4.31 Å². The SMILES string of the molecule is O=S(=O)(CC1CCC1)N1CCCC1. The molecule has 76 valence electrons. The van der Waals surface area contributed by atoms with Gasteiger partial charge < -0.3 is 0 Å². The van der Waals surface area contributed by atoms with Crippen molar-refractivity contribution in [1.29, 1.82) is 0 Å². The van der Waals surface area contributed by atoms with Gasteiger partial charge in [-0.05, 0) is 31.6 Å². The van der Waals surface area contributed by atoms with Crippen molar-refractivity contribution in [3.63, 3.8) is 0 Å². The molecule has 2 fully saturated rings. The van der Waals surface area contributed by atoms with Crippen LogP contribution >= 0.6 is 0 Å². The zero-order chi connectivity index (χ0) is 9.31. The lowest BCUT2D eigenvalue weighted by Crippen LogP contribution is -2.34. The lowest BCUT2D eigenvalue weighted by atomic mass is 9.87. The van der Waals surface area contributed by atoms with Gasteiger partial charge in [-0.1, -0.05) is 6.42 Å². The molecule has 2 rings (SSSR count). The summed E-state index contributed by atoms with van der Waals surface area (Å²) in [7, 11) is -2.89. The van der Waals surface area contributed by atoms with Gasteiger partial charge in [0.25, 0.3) is 0 Å². The van der Waals surface area contributed by atoms with Crippen LogP contribution in [0.5, 0.6) is 0 Å². The zero-order valence-electron chi connectivity index (χ0n) is 7.91. The Morgan fingerprint density at radius 3 is 2.15 bits per heavy atom. The maximum atomic E-state index is 11.8. The van der Waals surface area contributed by atoms with Crippen LogP contribution in [0.3, 0.4) is 0 Å². The van der Waals surface area contributed by atoms with Crippen molar-refractivity contribution in [2.45, 2.75) is 32.1 Å². The summed E-state index contributed by atoms with van der Waals surface area (Å²) >= 11 is 0. The Morgan fingerprint density at radius 2 is 1.69 bits per heavy atom. The monoisotopic (exact) mass is 203 g/mol. The van der Waals surface area contributed by atoms with E-state index in [4.69, 9.17) is 0 Å². The Hall–Kier alpha value is -0.0900. The van der Waals surface area contributed by atoms with Gasteiger partial charge in [-0.2, -0.15) is 0 Å². The molecule has 0 atom stereocenters. The zero-order valence-corrected chi connectivity index (χ0v) is 8.72. The van der Waals surface area contributed by atoms with Crippen LogP contribution < -0.4 is 0 Å². The second-order valence-electron chi connectivity index (χ2n) is 4.18. The van der Waals surface area contributed by atoms with Crippen LogP contribution in [-0.4, -0.2) is 31.6 Å². The van der Waals surface area contributed by atoms with Crippen LogP contribution in [0.15, 0.2) is 0 Å². The number of rotatable bonds is 3. The molecule has 1 heterocycles. The molecule has 1 saturated heterocycles. The summed E-state index contributed by atoms with van der Waals surface area (Å²) in [5.41, 5.74) is 0. The van der Waals surface area contributed by atoms with Crippen LogP contribution in [0, 0.1) is 5.92 Å². The fourth-order valence-corrected chi connectivity index (χ4v) is 3.98. The van der Waals surface area contributed by atoms with E-state index in [-0.39, 0.29) is 0 Å². The third kappa shape index (κ3) is 2.05. The highest BCUT2D eigenvalue weighted by atomic mass is 32.2. The Bertz CT molecular complexity index is 263. The first kappa shape index (κ1) is 9.46. The second kappa shape index (κ2) is 3.58. The highest BCUT2D eigenvalue weighted by molar-refractivity contribution is 7.89. The number of hydrogen-bond acceptors (Lipinski definition) is 2. The van der Waals surface area contributed by atoms with E-state index in [0.29, 0.717) is 11.7 Å². The average Bonchev–Trinajstić information content (AvgIpc) is 2.49. The summed E-state index contributed by atoms with van der Waals surface area (Å²) < 4.78 is 25.2. The third-order valence-corrected chi connectivity index (χ3v) is 5.17. The van der Waals surface area contributed by atoms with E-state index in [1.165, 1.54) is 6.42 Å². The quantitative estimate of drug-likeness (QED) is 0.691. The smallest absolute Gasteiger partial charge is 0.212 e. The average molecular weight is 203 g/mol. The van der Waals surface area contributed by atoms with Gasteiger partial charge in [0.1, 0.15) is 0 Å². The fraction of sp³-hybridized carbons (Fsp3) is 1.00. The van der Waals surface area contributed by atoms with Gasteiger partial charge >= 0.3 is 0 Å².